The zero-order chi connectivity index (χ0) is 11.4. The molecule has 0 spiro atoms. The summed E-state index contributed by atoms with van der Waals surface area (Å²) >= 11 is 0. The second-order valence-electron chi connectivity index (χ2n) is 2.99. The molecule has 2 aromatic rings. The van der Waals surface area contributed by atoms with Crippen LogP contribution in [0.3, 0.4) is 0 Å². The fraction of sp³-hybridized carbons (Fsp3) is 0.182. The van der Waals surface area contributed by atoms with Gasteiger partial charge in [-0.15, -0.1) is 0 Å². The van der Waals surface area contributed by atoms with E-state index in [-0.39, 0.29) is 12.4 Å². The first-order valence-corrected chi connectivity index (χ1v) is 4.65. The maximum absolute atomic E-state index is 10.8. The van der Waals surface area contributed by atoms with Gasteiger partial charge in [0.25, 0.3) is 0 Å². The number of imidazole rings is 1. The monoisotopic (exact) mass is 215 g/mol. The molecule has 16 heavy (non-hydrogen) atoms. The Bertz CT molecular complexity index is 577. The molecule has 0 fully saturated rings. The number of nitrogens with zero attached hydrogens (tertiary/aromatic N) is 3. The van der Waals surface area contributed by atoms with Crippen LogP contribution in [0.4, 0.5) is 0 Å². The van der Waals surface area contributed by atoms with Crippen LogP contribution in [0.1, 0.15) is 12.1 Å². The fourth-order valence-corrected chi connectivity index (χ4v) is 1.19. The van der Waals surface area contributed by atoms with Crippen molar-refractivity contribution in [1.29, 1.82) is 0 Å². The Morgan fingerprint density at radius 2 is 2.50 bits per heavy atom. The second-order valence-corrected chi connectivity index (χ2v) is 2.99. The van der Waals surface area contributed by atoms with Gasteiger partial charge in [-0.1, -0.05) is 5.92 Å². The molecule has 0 unspecified atom stereocenters. The first-order valence-electron chi connectivity index (χ1n) is 4.65. The van der Waals surface area contributed by atoms with E-state index in [0.717, 1.165) is 5.65 Å². The molecule has 0 aromatic carbocycles. The number of esters is 1. The minimum absolute atomic E-state index is 0.0660. The van der Waals surface area contributed by atoms with Crippen LogP contribution in [0.15, 0.2) is 24.5 Å². The summed E-state index contributed by atoms with van der Waals surface area (Å²) in [6.45, 7) is 0. The first-order chi connectivity index (χ1) is 7.81. The molecule has 2 rings (SSSR count). The van der Waals surface area contributed by atoms with Gasteiger partial charge in [-0.2, -0.15) is 5.10 Å². The second kappa shape index (κ2) is 4.45. The largest absolute Gasteiger partial charge is 0.468 e. The number of fused-ring (bicyclic) bond motifs is 1. The van der Waals surface area contributed by atoms with E-state index in [0.29, 0.717) is 5.69 Å². The maximum atomic E-state index is 10.8. The number of carbonyl (C=O) groups excluding carboxylic acids is 1. The van der Waals surface area contributed by atoms with Gasteiger partial charge < -0.3 is 4.74 Å². The molecule has 2 aromatic heterocycles. The quantitative estimate of drug-likeness (QED) is 0.517. The molecular formula is C11H9N3O2. The molecule has 0 N–H and O–H groups in total. The van der Waals surface area contributed by atoms with Crippen molar-refractivity contribution in [3.05, 3.63) is 30.2 Å². The highest BCUT2D eigenvalue weighted by Crippen LogP contribution is 2.01. The molecule has 0 bridgehead atoms. The van der Waals surface area contributed by atoms with E-state index in [9.17, 15) is 4.79 Å². The number of methoxy groups -OCH3 is 1. The molecule has 5 nitrogen and oxygen atoms in total. The average Bonchev–Trinajstić information content (AvgIpc) is 2.73. The van der Waals surface area contributed by atoms with Crippen molar-refractivity contribution in [1.82, 2.24) is 14.6 Å². The number of hydrogen-bond donors (Lipinski definition) is 0. The lowest BCUT2D eigenvalue weighted by atomic mass is 10.4. The molecule has 0 amide bonds. The van der Waals surface area contributed by atoms with Gasteiger partial charge in [0.05, 0.1) is 13.3 Å². The third-order valence-electron chi connectivity index (χ3n) is 1.95. The lowest BCUT2D eigenvalue weighted by molar-refractivity contribution is -0.139. The normalized spacial score (nSPS) is 9.56. The zero-order valence-electron chi connectivity index (χ0n) is 8.67. The first kappa shape index (κ1) is 10.2. The van der Waals surface area contributed by atoms with Crippen molar-refractivity contribution in [3.63, 3.8) is 0 Å². The topological polar surface area (TPSA) is 56.5 Å². The molecular weight excluding hydrogens is 206 g/mol. The van der Waals surface area contributed by atoms with E-state index in [1.807, 2.05) is 6.07 Å². The lowest BCUT2D eigenvalue weighted by Crippen LogP contribution is -1.97. The predicted octanol–water partition coefficient (Wildman–Crippen LogP) is 0.644. The van der Waals surface area contributed by atoms with Crippen molar-refractivity contribution < 1.29 is 9.53 Å². The van der Waals surface area contributed by atoms with Crippen LogP contribution in [0, 0.1) is 11.8 Å². The Morgan fingerprint density at radius 3 is 3.31 bits per heavy atom. The standard InChI is InChI=1S/C11H9N3O2/c1-16-11(15)6-2-4-9-8-12-10-5-3-7-13-14(9)10/h3,5,7-8H,6H2,1H3. The van der Waals surface area contributed by atoms with Crippen LogP contribution >= 0.6 is 0 Å². The molecule has 0 saturated heterocycles. The van der Waals surface area contributed by atoms with Gasteiger partial charge in [0.15, 0.2) is 5.65 Å². The number of rotatable bonds is 1. The Balaban J connectivity index is 2.24. The molecule has 0 aliphatic carbocycles. The van der Waals surface area contributed by atoms with Crippen LogP contribution in [-0.2, 0) is 9.53 Å². The highest BCUT2D eigenvalue weighted by atomic mass is 16.5. The van der Waals surface area contributed by atoms with E-state index >= 15 is 0 Å². The van der Waals surface area contributed by atoms with E-state index in [2.05, 4.69) is 26.7 Å². The molecule has 2 heterocycles. The van der Waals surface area contributed by atoms with Gasteiger partial charge >= 0.3 is 5.97 Å². The summed E-state index contributed by atoms with van der Waals surface area (Å²) in [4.78, 5) is 15.0. The summed E-state index contributed by atoms with van der Waals surface area (Å²) in [5.41, 5.74) is 1.38. The molecule has 0 saturated carbocycles. The number of aromatic nitrogens is 3. The van der Waals surface area contributed by atoms with Crippen molar-refractivity contribution >= 4 is 11.6 Å². The summed E-state index contributed by atoms with van der Waals surface area (Å²) < 4.78 is 6.09. The highest BCUT2D eigenvalue weighted by Gasteiger charge is 1.99. The van der Waals surface area contributed by atoms with Gasteiger partial charge in [-0.3, -0.25) is 4.79 Å². The molecule has 80 valence electrons. The molecule has 5 heteroatoms. The van der Waals surface area contributed by atoms with Crippen LogP contribution in [0.5, 0.6) is 0 Å². The van der Waals surface area contributed by atoms with Crippen molar-refractivity contribution in [3.8, 4) is 11.8 Å². The number of hydrogen-bond acceptors (Lipinski definition) is 4. The molecule has 0 aliphatic rings. The number of carbonyl (C=O) groups is 1. The summed E-state index contributed by atoms with van der Waals surface area (Å²) in [6.07, 6.45) is 3.34. The van der Waals surface area contributed by atoms with Gasteiger partial charge in [-0.05, 0) is 18.1 Å². The van der Waals surface area contributed by atoms with E-state index < -0.39 is 0 Å². The Hall–Kier alpha value is -2.35. The summed E-state index contributed by atoms with van der Waals surface area (Å²) in [6, 6.07) is 3.63. The third-order valence-corrected chi connectivity index (χ3v) is 1.95. The van der Waals surface area contributed by atoms with Crippen molar-refractivity contribution in [2.24, 2.45) is 0 Å². The third kappa shape index (κ3) is 2.01. The minimum atomic E-state index is -0.353. The van der Waals surface area contributed by atoms with Crippen LogP contribution < -0.4 is 0 Å². The summed E-state index contributed by atoms with van der Waals surface area (Å²) in [5.74, 6) is 5.17. The van der Waals surface area contributed by atoms with Gasteiger partial charge in [-0.25, -0.2) is 9.50 Å². The lowest BCUT2D eigenvalue weighted by Gasteiger charge is -1.91. The van der Waals surface area contributed by atoms with Gasteiger partial charge in [0.1, 0.15) is 12.1 Å². The van der Waals surface area contributed by atoms with E-state index in [4.69, 9.17) is 0 Å². The summed E-state index contributed by atoms with van der Waals surface area (Å²) in [5, 5.41) is 4.09. The smallest absolute Gasteiger partial charge is 0.317 e. The zero-order valence-corrected chi connectivity index (χ0v) is 8.67. The fourth-order valence-electron chi connectivity index (χ4n) is 1.19. The van der Waals surface area contributed by atoms with Crippen molar-refractivity contribution in [2.75, 3.05) is 7.11 Å². The van der Waals surface area contributed by atoms with E-state index in [1.54, 1.807) is 23.0 Å². The molecule has 0 aliphatic heterocycles. The van der Waals surface area contributed by atoms with Crippen molar-refractivity contribution in [2.45, 2.75) is 6.42 Å². The summed E-state index contributed by atoms with van der Waals surface area (Å²) in [7, 11) is 1.33. The molecule has 0 atom stereocenters. The molecule has 0 radical (unpaired) electrons. The Labute approximate surface area is 92.1 Å². The van der Waals surface area contributed by atoms with Crippen LogP contribution in [-0.4, -0.2) is 27.7 Å². The minimum Gasteiger partial charge on any atom is -0.468 e. The Morgan fingerprint density at radius 1 is 1.62 bits per heavy atom. The van der Waals surface area contributed by atoms with E-state index in [1.165, 1.54) is 7.11 Å². The van der Waals surface area contributed by atoms with Gasteiger partial charge in [0, 0.05) is 6.20 Å². The van der Waals surface area contributed by atoms with Gasteiger partial charge in [0.2, 0.25) is 0 Å². The maximum Gasteiger partial charge on any atom is 0.317 e. The predicted molar refractivity (Wildman–Crippen MR) is 56.5 cm³/mol. The highest BCUT2D eigenvalue weighted by molar-refractivity contribution is 5.72. The SMILES string of the molecule is COC(=O)CC#Cc1cnc2cccnn12. The van der Waals surface area contributed by atoms with Crippen LogP contribution in [0.25, 0.3) is 5.65 Å². The average molecular weight is 215 g/mol. The number of ether oxygens (including phenoxy) is 1. The Kier molecular flexibility index (Phi) is 2.83. The van der Waals surface area contributed by atoms with Crippen LogP contribution in [0.2, 0.25) is 0 Å².